The monoisotopic (exact) mass is 267 g/mol. The average Bonchev–Trinajstić information content (AvgIpc) is 2.91. The van der Waals surface area contributed by atoms with Crippen LogP contribution >= 0.6 is 0 Å². The van der Waals surface area contributed by atoms with Gasteiger partial charge in [0.25, 0.3) is 0 Å². The molecule has 1 aromatic heterocycles. The molecule has 0 spiro atoms. The fraction of sp³-hybridized carbons (Fsp3) is 0.250. The predicted molar refractivity (Wildman–Crippen MR) is 78.3 cm³/mol. The van der Waals surface area contributed by atoms with Gasteiger partial charge in [-0.1, -0.05) is 35.9 Å². The van der Waals surface area contributed by atoms with Crippen LogP contribution in [-0.4, -0.2) is 17.1 Å². The SMILES string of the molecule is Cc1ccc(C2CN=C(/N=c3\ccccn3C)O2)cc1. The summed E-state index contributed by atoms with van der Waals surface area (Å²) >= 11 is 0. The Morgan fingerprint density at radius 3 is 2.75 bits per heavy atom. The van der Waals surface area contributed by atoms with Gasteiger partial charge in [0.05, 0.1) is 6.54 Å². The van der Waals surface area contributed by atoms with Crippen molar-refractivity contribution in [1.82, 2.24) is 4.57 Å². The first-order valence-corrected chi connectivity index (χ1v) is 6.66. The minimum Gasteiger partial charge on any atom is -0.453 e. The van der Waals surface area contributed by atoms with Crippen molar-refractivity contribution in [3.05, 3.63) is 65.3 Å². The number of amidine groups is 1. The van der Waals surface area contributed by atoms with Gasteiger partial charge in [-0.3, -0.25) is 0 Å². The quantitative estimate of drug-likeness (QED) is 0.781. The molecule has 0 radical (unpaired) electrons. The molecule has 3 rings (SSSR count). The maximum Gasteiger partial charge on any atom is 0.314 e. The fourth-order valence-corrected chi connectivity index (χ4v) is 2.11. The van der Waals surface area contributed by atoms with E-state index in [0.29, 0.717) is 12.6 Å². The molecule has 2 heterocycles. The molecule has 1 aliphatic heterocycles. The van der Waals surface area contributed by atoms with Crippen LogP contribution < -0.4 is 5.49 Å². The zero-order chi connectivity index (χ0) is 13.9. The first-order valence-electron chi connectivity index (χ1n) is 6.66. The van der Waals surface area contributed by atoms with Gasteiger partial charge in [0.2, 0.25) is 0 Å². The van der Waals surface area contributed by atoms with Crippen molar-refractivity contribution in [2.45, 2.75) is 13.0 Å². The number of aromatic nitrogens is 1. The van der Waals surface area contributed by atoms with E-state index in [1.807, 2.05) is 36.0 Å². The van der Waals surface area contributed by atoms with Crippen molar-refractivity contribution in [3.8, 4) is 0 Å². The molecule has 4 heteroatoms. The summed E-state index contributed by atoms with van der Waals surface area (Å²) in [6.45, 7) is 2.70. The van der Waals surface area contributed by atoms with Crippen molar-refractivity contribution >= 4 is 6.02 Å². The number of nitrogens with zero attached hydrogens (tertiary/aromatic N) is 3. The second kappa shape index (κ2) is 5.33. The summed E-state index contributed by atoms with van der Waals surface area (Å²) in [5, 5.41) is 0. The van der Waals surface area contributed by atoms with Crippen molar-refractivity contribution in [2.24, 2.45) is 17.0 Å². The Hall–Kier alpha value is -2.36. The summed E-state index contributed by atoms with van der Waals surface area (Å²) in [6, 6.07) is 14.7. The molecular formula is C16H17N3O. The molecule has 0 bridgehead atoms. The van der Waals surface area contributed by atoms with Gasteiger partial charge >= 0.3 is 6.02 Å². The Balaban J connectivity index is 1.78. The van der Waals surface area contributed by atoms with Crippen LogP contribution in [0.25, 0.3) is 0 Å². The molecule has 4 nitrogen and oxygen atoms in total. The maximum absolute atomic E-state index is 5.82. The molecule has 0 aliphatic carbocycles. The third-order valence-corrected chi connectivity index (χ3v) is 3.33. The number of pyridine rings is 1. The van der Waals surface area contributed by atoms with Gasteiger partial charge in [-0.25, -0.2) is 4.99 Å². The van der Waals surface area contributed by atoms with Crippen molar-refractivity contribution < 1.29 is 4.74 Å². The lowest BCUT2D eigenvalue weighted by atomic mass is 10.1. The molecular weight excluding hydrogens is 250 g/mol. The van der Waals surface area contributed by atoms with E-state index < -0.39 is 0 Å². The summed E-state index contributed by atoms with van der Waals surface area (Å²) in [5.41, 5.74) is 3.21. The van der Waals surface area contributed by atoms with Gasteiger partial charge in [0.1, 0.15) is 11.6 Å². The third kappa shape index (κ3) is 2.64. The number of rotatable bonds is 1. The van der Waals surface area contributed by atoms with Gasteiger partial charge in [-0.2, -0.15) is 4.99 Å². The lowest BCUT2D eigenvalue weighted by Crippen LogP contribution is -2.18. The first kappa shape index (κ1) is 12.7. The third-order valence-electron chi connectivity index (χ3n) is 3.33. The molecule has 1 aliphatic rings. The molecule has 0 amide bonds. The normalized spacial score (nSPS) is 18.8. The smallest absolute Gasteiger partial charge is 0.314 e. The lowest BCUT2D eigenvalue weighted by molar-refractivity contribution is 0.226. The van der Waals surface area contributed by atoms with Crippen molar-refractivity contribution in [1.29, 1.82) is 0 Å². The standard InChI is InChI=1S/C16H17N3O/c1-12-6-8-13(9-7-12)14-11-17-16(20-14)18-15-5-3-4-10-19(15)2/h3-10,14H,11H2,1-2H3/b18-15+. The summed E-state index contributed by atoms with van der Waals surface area (Å²) in [4.78, 5) is 8.81. The zero-order valence-electron chi connectivity index (χ0n) is 11.7. The highest BCUT2D eigenvalue weighted by Crippen LogP contribution is 2.23. The minimum absolute atomic E-state index is 0.0247. The average molecular weight is 267 g/mol. The zero-order valence-corrected chi connectivity index (χ0v) is 11.7. The molecule has 0 fully saturated rings. The van der Waals surface area contributed by atoms with Gasteiger partial charge in [0.15, 0.2) is 0 Å². The van der Waals surface area contributed by atoms with E-state index in [2.05, 4.69) is 41.2 Å². The summed E-state index contributed by atoms with van der Waals surface area (Å²) in [6.07, 6.45) is 1.93. The molecule has 0 saturated carbocycles. The van der Waals surface area contributed by atoms with E-state index >= 15 is 0 Å². The summed E-state index contributed by atoms with van der Waals surface area (Å²) < 4.78 is 7.75. The van der Waals surface area contributed by atoms with Crippen LogP contribution in [0.1, 0.15) is 17.2 Å². The van der Waals surface area contributed by atoms with Crippen LogP contribution in [0.3, 0.4) is 0 Å². The molecule has 102 valence electrons. The topological polar surface area (TPSA) is 38.9 Å². The lowest BCUT2D eigenvalue weighted by Gasteiger charge is -2.10. The van der Waals surface area contributed by atoms with E-state index in [9.17, 15) is 0 Å². The predicted octanol–water partition coefficient (Wildman–Crippen LogP) is 2.36. The Morgan fingerprint density at radius 2 is 2.00 bits per heavy atom. The Morgan fingerprint density at radius 1 is 1.20 bits per heavy atom. The highest BCUT2D eigenvalue weighted by molar-refractivity contribution is 5.76. The number of aryl methyl sites for hydroxylation is 2. The minimum atomic E-state index is -0.0247. The number of ether oxygens (including phenoxy) is 1. The van der Waals surface area contributed by atoms with Gasteiger partial charge in [0, 0.05) is 13.2 Å². The van der Waals surface area contributed by atoms with Crippen molar-refractivity contribution in [2.75, 3.05) is 6.54 Å². The number of aliphatic imine (C=N–C) groups is 1. The summed E-state index contributed by atoms with van der Waals surface area (Å²) in [5.74, 6) is 0. The first-order chi connectivity index (χ1) is 9.72. The number of hydrogen-bond donors (Lipinski definition) is 0. The second-order valence-corrected chi connectivity index (χ2v) is 4.92. The molecule has 0 N–H and O–H groups in total. The number of hydrogen-bond acceptors (Lipinski definition) is 3. The molecule has 1 unspecified atom stereocenters. The maximum atomic E-state index is 5.82. The Bertz CT molecular complexity index is 698. The van der Waals surface area contributed by atoms with Crippen LogP contribution in [0, 0.1) is 6.92 Å². The van der Waals surface area contributed by atoms with Crippen molar-refractivity contribution in [3.63, 3.8) is 0 Å². The van der Waals surface area contributed by atoms with Gasteiger partial charge in [-0.15, -0.1) is 0 Å². The van der Waals surface area contributed by atoms with Gasteiger partial charge < -0.3 is 9.30 Å². The highest BCUT2D eigenvalue weighted by Gasteiger charge is 2.21. The molecule has 1 atom stereocenters. The Labute approximate surface area is 118 Å². The number of benzene rings is 1. The second-order valence-electron chi connectivity index (χ2n) is 4.92. The largest absolute Gasteiger partial charge is 0.453 e. The molecule has 2 aromatic rings. The van der Waals surface area contributed by atoms with Crippen LogP contribution in [-0.2, 0) is 11.8 Å². The van der Waals surface area contributed by atoms with E-state index in [4.69, 9.17) is 4.74 Å². The highest BCUT2D eigenvalue weighted by atomic mass is 16.5. The van der Waals surface area contributed by atoms with Gasteiger partial charge in [-0.05, 0) is 24.6 Å². The van der Waals surface area contributed by atoms with Crippen LogP contribution in [0.5, 0.6) is 0 Å². The molecule has 20 heavy (non-hydrogen) atoms. The summed E-state index contributed by atoms with van der Waals surface area (Å²) in [7, 11) is 1.95. The molecule has 0 saturated heterocycles. The van der Waals surface area contributed by atoms with E-state index in [0.717, 1.165) is 11.1 Å². The Kier molecular flexibility index (Phi) is 3.37. The molecule has 1 aromatic carbocycles. The fourth-order valence-electron chi connectivity index (χ4n) is 2.11. The van der Waals surface area contributed by atoms with E-state index in [1.165, 1.54) is 5.56 Å². The van der Waals surface area contributed by atoms with Crippen LogP contribution in [0.2, 0.25) is 0 Å². The van der Waals surface area contributed by atoms with Crippen LogP contribution in [0.4, 0.5) is 0 Å². The van der Waals surface area contributed by atoms with Crippen LogP contribution in [0.15, 0.2) is 58.6 Å². The van der Waals surface area contributed by atoms with E-state index in [-0.39, 0.29) is 6.10 Å². The van der Waals surface area contributed by atoms with E-state index in [1.54, 1.807) is 0 Å².